The van der Waals surface area contributed by atoms with E-state index in [0.717, 1.165) is 17.6 Å². The summed E-state index contributed by atoms with van der Waals surface area (Å²) in [7, 11) is 0. The Hall–Kier alpha value is -1.20. The minimum Gasteiger partial charge on any atom is -0.399 e. The van der Waals surface area contributed by atoms with Gasteiger partial charge in [0, 0.05) is 17.0 Å². The summed E-state index contributed by atoms with van der Waals surface area (Å²) in [5.74, 6) is 0.692. The van der Waals surface area contributed by atoms with Crippen molar-refractivity contribution in [2.45, 2.75) is 31.7 Å². The van der Waals surface area contributed by atoms with E-state index in [0.29, 0.717) is 11.5 Å². The Labute approximate surface area is 111 Å². The van der Waals surface area contributed by atoms with E-state index >= 15 is 0 Å². The number of aliphatic hydroxyl groups excluding tert-OH is 1. The van der Waals surface area contributed by atoms with Crippen molar-refractivity contribution >= 4 is 28.5 Å². The van der Waals surface area contributed by atoms with E-state index in [1.165, 1.54) is 0 Å². The number of aliphatic hydroxyl groups is 1. The zero-order chi connectivity index (χ0) is 13.3. The highest BCUT2D eigenvalue weighted by atomic mass is 32.2. The van der Waals surface area contributed by atoms with Crippen molar-refractivity contribution in [2.24, 2.45) is 0 Å². The molecule has 98 valence electrons. The highest BCUT2D eigenvalue weighted by molar-refractivity contribution is 7.99. The molecule has 0 atom stereocenters. The number of fused-ring (bicyclic) bond motifs is 1. The minimum absolute atomic E-state index is 0.0565. The third-order valence-electron chi connectivity index (χ3n) is 3.08. The highest BCUT2D eigenvalue weighted by Crippen LogP contribution is 2.27. The van der Waals surface area contributed by atoms with Gasteiger partial charge in [-0.1, -0.05) is 0 Å². The van der Waals surface area contributed by atoms with Crippen LogP contribution >= 0.6 is 11.8 Å². The van der Waals surface area contributed by atoms with Gasteiger partial charge in [0.1, 0.15) is 12.4 Å². The number of nitrogen functional groups attached to an aromatic ring is 1. The largest absolute Gasteiger partial charge is 0.399 e. The maximum Gasteiger partial charge on any atom is 0.135 e. The van der Waals surface area contributed by atoms with E-state index in [-0.39, 0.29) is 11.4 Å². The van der Waals surface area contributed by atoms with Crippen LogP contribution in [0.15, 0.2) is 18.2 Å². The standard InChI is InChI=1S/C13H19N3OS/c1-13(2,18-3)8-16-11-5-4-9(14)6-10(11)15-12(16)7-17/h4-6,17H,7-8,14H2,1-3H3. The van der Waals surface area contributed by atoms with Gasteiger partial charge in [0.15, 0.2) is 0 Å². The lowest BCUT2D eigenvalue weighted by molar-refractivity contribution is 0.264. The molecule has 4 nitrogen and oxygen atoms in total. The van der Waals surface area contributed by atoms with Crippen LogP contribution in [0.4, 0.5) is 5.69 Å². The number of rotatable bonds is 4. The molecule has 1 aromatic carbocycles. The van der Waals surface area contributed by atoms with Crippen molar-refractivity contribution in [1.82, 2.24) is 9.55 Å². The summed E-state index contributed by atoms with van der Waals surface area (Å²) in [5, 5.41) is 9.44. The van der Waals surface area contributed by atoms with Gasteiger partial charge in [-0.15, -0.1) is 0 Å². The van der Waals surface area contributed by atoms with Crippen LogP contribution in [0.3, 0.4) is 0 Å². The van der Waals surface area contributed by atoms with E-state index in [1.807, 2.05) is 18.2 Å². The molecule has 0 unspecified atom stereocenters. The van der Waals surface area contributed by atoms with Crippen LogP contribution in [-0.4, -0.2) is 25.7 Å². The van der Waals surface area contributed by atoms with Gasteiger partial charge in [0.05, 0.1) is 11.0 Å². The molecule has 0 saturated carbocycles. The smallest absolute Gasteiger partial charge is 0.135 e. The van der Waals surface area contributed by atoms with E-state index in [1.54, 1.807) is 11.8 Å². The number of imidazole rings is 1. The molecule has 0 aliphatic heterocycles. The summed E-state index contributed by atoms with van der Waals surface area (Å²) in [6.07, 6.45) is 2.09. The van der Waals surface area contributed by atoms with Gasteiger partial charge in [-0.05, 0) is 38.3 Å². The van der Waals surface area contributed by atoms with Crippen LogP contribution in [-0.2, 0) is 13.2 Å². The predicted molar refractivity (Wildman–Crippen MR) is 77.7 cm³/mol. The molecule has 0 spiro atoms. The second-order valence-corrected chi connectivity index (χ2v) is 6.50. The molecule has 0 aliphatic carbocycles. The monoisotopic (exact) mass is 265 g/mol. The van der Waals surface area contributed by atoms with Crippen molar-refractivity contribution in [2.75, 3.05) is 12.0 Å². The van der Waals surface area contributed by atoms with Crippen molar-refractivity contribution in [3.63, 3.8) is 0 Å². The third-order valence-corrected chi connectivity index (χ3v) is 4.32. The SMILES string of the molecule is CSC(C)(C)Cn1c(CO)nc2cc(N)ccc21. The Morgan fingerprint density at radius 3 is 2.78 bits per heavy atom. The molecule has 0 fully saturated rings. The summed E-state index contributed by atoms with van der Waals surface area (Å²) < 4.78 is 2.17. The Morgan fingerprint density at radius 1 is 1.44 bits per heavy atom. The van der Waals surface area contributed by atoms with Crippen LogP contribution < -0.4 is 5.73 Å². The summed E-state index contributed by atoms with van der Waals surface area (Å²) in [4.78, 5) is 4.43. The number of benzene rings is 1. The van der Waals surface area contributed by atoms with Gasteiger partial charge in [-0.3, -0.25) is 0 Å². The fraction of sp³-hybridized carbons (Fsp3) is 0.462. The Bertz CT molecular complexity index is 563. The molecule has 1 heterocycles. The number of aromatic nitrogens is 2. The first-order chi connectivity index (χ1) is 8.46. The first-order valence-electron chi connectivity index (χ1n) is 5.87. The lowest BCUT2D eigenvalue weighted by Crippen LogP contribution is -2.23. The molecule has 0 radical (unpaired) electrons. The number of hydrogen-bond acceptors (Lipinski definition) is 4. The van der Waals surface area contributed by atoms with Crippen molar-refractivity contribution < 1.29 is 5.11 Å². The molecule has 0 amide bonds. The number of thioether (sulfide) groups is 1. The van der Waals surface area contributed by atoms with Crippen molar-refractivity contribution in [3.05, 3.63) is 24.0 Å². The van der Waals surface area contributed by atoms with Crippen molar-refractivity contribution in [3.8, 4) is 0 Å². The average Bonchev–Trinajstić information content (AvgIpc) is 2.66. The lowest BCUT2D eigenvalue weighted by Gasteiger charge is -2.24. The van der Waals surface area contributed by atoms with Gasteiger partial charge in [0.2, 0.25) is 0 Å². The molecule has 0 aliphatic rings. The molecule has 1 aromatic heterocycles. The van der Waals surface area contributed by atoms with E-state index in [9.17, 15) is 5.11 Å². The van der Waals surface area contributed by atoms with Crippen molar-refractivity contribution in [1.29, 1.82) is 0 Å². The normalized spacial score (nSPS) is 12.2. The quantitative estimate of drug-likeness (QED) is 0.832. The van der Waals surface area contributed by atoms with Gasteiger partial charge in [-0.25, -0.2) is 4.98 Å². The van der Waals surface area contributed by atoms with Crippen LogP contribution in [0.1, 0.15) is 19.7 Å². The Morgan fingerprint density at radius 2 is 2.17 bits per heavy atom. The number of nitrogens with two attached hydrogens (primary N) is 1. The highest BCUT2D eigenvalue weighted by Gasteiger charge is 2.20. The first kappa shape index (κ1) is 13.2. The fourth-order valence-corrected chi connectivity index (χ4v) is 2.20. The third kappa shape index (κ3) is 2.47. The molecule has 18 heavy (non-hydrogen) atoms. The molecule has 0 bridgehead atoms. The molecular formula is C13H19N3OS. The van der Waals surface area contributed by atoms with Gasteiger partial charge in [-0.2, -0.15) is 11.8 Å². The second kappa shape index (κ2) is 4.82. The first-order valence-corrected chi connectivity index (χ1v) is 7.10. The summed E-state index contributed by atoms with van der Waals surface area (Å²) in [6, 6.07) is 5.68. The molecular weight excluding hydrogens is 246 g/mol. The summed E-state index contributed by atoms with van der Waals surface area (Å²) in [6.45, 7) is 5.12. The summed E-state index contributed by atoms with van der Waals surface area (Å²) >= 11 is 1.80. The van der Waals surface area contributed by atoms with E-state index in [4.69, 9.17) is 5.73 Å². The predicted octanol–water partition coefficient (Wildman–Crippen LogP) is 2.25. The topological polar surface area (TPSA) is 64.1 Å². The van der Waals surface area contributed by atoms with Gasteiger partial charge in [0.25, 0.3) is 0 Å². The lowest BCUT2D eigenvalue weighted by atomic mass is 10.2. The number of anilines is 1. The molecule has 3 N–H and O–H groups in total. The molecule has 0 saturated heterocycles. The van der Waals surface area contributed by atoms with Crippen LogP contribution in [0.5, 0.6) is 0 Å². The number of hydrogen-bond donors (Lipinski definition) is 2. The molecule has 2 aromatic rings. The summed E-state index contributed by atoms with van der Waals surface area (Å²) in [5.41, 5.74) is 8.32. The molecule has 2 rings (SSSR count). The maximum atomic E-state index is 9.44. The van der Waals surface area contributed by atoms with Crippen LogP contribution in [0.25, 0.3) is 11.0 Å². The van der Waals surface area contributed by atoms with Crippen LogP contribution in [0, 0.1) is 0 Å². The minimum atomic E-state index is -0.0565. The average molecular weight is 265 g/mol. The Balaban J connectivity index is 2.53. The number of nitrogens with zero attached hydrogens (tertiary/aromatic N) is 2. The zero-order valence-corrected chi connectivity index (χ0v) is 11.8. The maximum absolute atomic E-state index is 9.44. The fourth-order valence-electron chi connectivity index (χ4n) is 1.94. The zero-order valence-electron chi connectivity index (χ0n) is 11.0. The Kier molecular flexibility index (Phi) is 3.54. The van der Waals surface area contributed by atoms with Gasteiger partial charge >= 0.3 is 0 Å². The van der Waals surface area contributed by atoms with Gasteiger partial charge < -0.3 is 15.4 Å². The van der Waals surface area contributed by atoms with E-state index in [2.05, 4.69) is 29.7 Å². The molecule has 5 heteroatoms. The van der Waals surface area contributed by atoms with E-state index < -0.39 is 0 Å². The van der Waals surface area contributed by atoms with Crippen LogP contribution in [0.2, 0.25) is 0 Å². The second-order valence-electron chi connectivity index (χ2n) is 4.98.